The number of carbonyl (C=O) groups excluding carboxylic acids is 2. The largest absolute Gasteiger partial charge is 0.490 e. The van der Waals surface area contributed by atoms with Gasteiger partial charge in [-0.3, -0.25) is 14.5 Å². The molecule has 33 heavy (non-hydrogen) atoms. The summed E-state index contributed by atoms with van der Waals surface area (Å²) in [4.78, 5) is 26.5. The lowest BCUT2D eigenvalue weighted by molar-refractivity contribution is -0.123. The van der Waals surface area contributed by atoms with Gasteiger partial charge in [0.05, 0.1) is 16.5 Å². The number of rotatable bonds is 8. The average molecular weight is 484 g/mol. The van der Waals surface area contributed by atoms with Gasteiger partial charge in [-0.25, -0.2) is 4.39 Å². The van der Waals surface area contributed by atoms with E-state index in [1.807, 2.05) is 0 Å². The van der Waals surface area contributed by atoms with Gasteiger partial charge in [0.25, 0.3) is 11.1 Å². The predicted octanol–water partition coefficient (Wildman–Crippen LogP) is 6.17. The Balaban J connectivity index is 1.32. The molecule has 1 aliphatic heterocycles. The van der Waals surface area contributed by atoms with E-state index in [1.165, 1.54) is 12.1 Å². The summed E-state index contributed by atoms with van der Waals surface area (Å²) in [6, 6.07) is 20.3. The number of ether oxygens (including phenoxy) is 2. The predicted molar refractivity (Wildman–Crippen MR) is 127 cm³/mol. The summed E-state index contributed by atoms with van der Waals surface area (Å²) in [6.07, 6.45) is 1.67. The monoisotopic (exact) mass is 483 g/mol. The molecule has 0 aliphatic carbocycles. The first kappa shape index (κ1) is 22.9. The van der Waals surface area contributed by atoms with Crippen molar-refractivity contribution in [1.82, 2.24) is 4.90 Å². The lowest BCUT2D eigenvalue weighted by Gasteiger charge is -2.13. The van der Waals surface area contributed by atoms with Gasteiger partial charge < -0.3 is 9.47 Å². The van der Waals surface area contributed by atoms with E-state index in [0.717, 1.165) is 27.8 Å². The number of imide groups is 1. The Labute approximate surface area is 199 Å². The summed E-state index contributed by atoms with van der Waals surface area (Å²) in [5.74, 6) is 0.495. The number of halogens is 2. The van der Waals surface area contributed by atoms with Gasteiger partial charge in [-0.15, -0.1) is 0 Å². The highest BCUT2D eigenvalue weighted by Crippen LogP contribution is 2.32. The molecular formula is C25H19ClFNO4S. The van der Waals surface area contributed by atoms with Crippen molar-refractivity contribution in [2.75, 3.05) is 13.2 Å². The molecular weight excluding hydrogens is 465 g/mol. The molecule has 0 atom stereocenters. The molecule has 8 heteroatoms. The summed E-state index contributed by atoms with van der Waals surface area (Å²) in [7, 11) is 0. The molecule has 3 aromatic rings. The van der Waals surface area contributed by atoms with Crippen molar-refractivity contribution in [3.8, 4) is 11.5 Å². The Hall–Kier alpha value is -3.29. The van der Waals surface area contributed by atoms with E-state index in [9.17, 15) is 14.0 Å². The van der Waals surface area contributed by atoms with E-state index in [1.54, 1.807) is 66.7 Å². The van der Waals surface area contributed by atoms with Gasteiger partial charge in [0.15, 0.2) is 0 Å². The van der Waals surface area contributed by atoms with Crippen molar-refractivity contribution in [3.05, 3.63) is 99.7 Å². The number of hydrogen-bond acceptors (Lipinski definition) is 5. The van der Waals surface area contributed by atoms with E-state index in [-0.39, 0.29) is 30.1 Å². The van der Waals surface area contributed by atoms with Crippen LogP contribution in [0, 0.1) is 5.82 Å². The number of thioether (sulfide) groups is 1. The van der Waals surface area contributed by atoms with Gasteiger partial charge >= 0.3 is 0 Å². The second-order valence-corrected chi connectivity index (χ2v) is 8.50. The minimum Gasteiger partial charge on any atom is -0.490 e. The van der Waals surface area contributed by atoms with Gasteiger partial charge in [0.1, 0.15) is 30.5 Å². The molecule has 1 fully saturated rings. The normalized spacial score (nSPS) is 14.7. The van der Waals surface area contributed by atoms with E-state index in [4.69, 9.17) is 21.1 Å². The zero-order valence-corrected chi connectivity index (χ0v) is 18.9. The molecule has 3 aromatic carbocycles. The summed E-state index contributed by atoms with van der Waals surface area (Å²) in [5, 5.41) is 0.130. The van der Waals surface area contributed by atoms with Gasteiger partial charge in [0.2, 0.25) is 0 Å². The standard InChI is InChI=1S/C25H19ClFNO4S/c26-21-3-1-2-4-22(21)31-14-13-28-24(29)23(33-25(28)30)15-17-7-11-20(12-8-17)32-16-18-5-9-19(27)10-6-18/h1-12,15H,13-14,16H2/b23-15-. The SMILES string of the molecule is O=C1S/C(=C\c2ccc(OCc3ccc(F)cc3)cc2)C(=O)N1CCOc1ccccc1Cl. The Morgan fingerprint density at radius 3 is 2.39 bits per heavy atom. The van der Waals surface area contributed by atoms with Crippen molar-refractivity contribution >= 4 is 40.6 Å². The van der Waals surface area contributed by atoms with Crippen LogP contribution in [0.4, 0.5) is 9.18 Å². The van der Waals surface area contributed by atoms with Crippen molar-refractivity contribution in [3.63, 3.8) is 0 Å². The van der Waals surface area contributed by atoms with E-state index >= 15 is 0 Å². The number of benzene rings is 3. The lowest BCUT2D eigenvalue weighted by atomic mass is 10.2. The molecule has 0 unspecified atom stereocenters. The number of carbonyl (C=O) groups is 2. The van der Waals surface area contributed by atoms with E-state index in [0.29, 0.717) is 28.0 Å². The van der Waals surface area contributed by atoms with Crippen LogP contribution in [-0.4, -0.2) is 29.2 Å². The Morgan fingerprint density at radius 1 is 0.939 bits per heavy atom. The first-order valence-corrected chi connectivity index (χ1v) is 11.3. The van der Waals surface area contributed by atoms with Crippen molar-refractivity contribution < 1.29 is 23.5 Å². The smallest absolute Gasteiger partial charge is 0.293 e. The maximum absolute atomic E-state index is 13.0. The van der Waals surface area contributed by atoms with E-state index < -0.39 is 0 Å². The number of amides is 2. The maximum Gasteiger partial charge on any atom is 0.293 e. The quantitative estimate of drug-likeness (QED) is 0.358. The summed E-state index contributed by atoms with van der Waals surface area (Å²) in [6.45, 7) is 0.591. The van der Waals surface area contributed by atoms with Crippen LogP contribution in [0.1, 0.15) is 11.1 Å². The highest BCUT2D eigenvalue weighted by molar-refractivity contribution is 8.18. The van der Waals surface area contributed by atoms with Gasteiger partial charge in [-0.1, -0.05) is 48.0 Å². The zero-order chi connectivity index (χ0) is 23.2. The van der Waals surface area contributed by atoms with Crippen molar-refractivity contribution in [1.29, 1.82) is 0 Å². The molecule has 0 spiro atoms. The van der Waals surface area contributed by atoms with Crippen molar-refractivity contribution in [2.24, 2.45) is 0 Å². The average Bonchev–Trinajstić information content (AvgIpc) is 3.08. The molecule has 1 saturated heterocycles. The highest BCUT2D eigenvalue weighted by Gasteiger charge is 2.34. The van der Waals surface area contributed by atoms with Crippen LogP contribution >= 0.6 is 23.4 Å². The second-order valence-electron chi connectivity index (χ2n) is 7.10. The molecule has 168 valence electrons. The molecule has 5 nitrogen and oxygen atoms in total. The Bertz CT molecular complexity index is 1180. The minimum absolute atomic E-state index is 0.128. The third-order valence-corrected chi connectivity index (χ3v) is 6.00. The summed E-state index contributed by atoms with van der Waals surface area (Å²) < 4.78 is 24.3. The molecule has 2 amide bonds. The van der Waals surface area contributed by atoms with Crippen LogP contribution in [0.2, 0.25) is 5.02 Å². The molecule has 1 heterocycles. The van der Waals surface area contributed by atoms with Gasteiger partial charge in [-0.05, 0) is 65.4 Å². The Kier molecular flexibility index (Phi) is 7.32. The number of para-hydroxylation sites is 1. The molecule has 1 aliphatic rings. The van der Waals surface area contributed by atoms with Crippen LogP contribution < -0.4 is 9.47 Å². The van der Waals surface area contributed by atoms with Crippen LogP contribution in [0.3, 0.4) is 0 Å². The first-order chi connectivity index (χ1) is 16.0. The zero-order valence-electron chi connectivity index (χ0n) is 17.4. The summed E-state index contributed by atoms with van der Waals surface area (Å²) in [5.41, 5.74) is 1.62. The molecule has 0 N–H and O–H groups in total. The van der Waals surface area contributed by atoms with Crippen LogP contribution in [0.15, 0.2) is 77.7 Å². The summed E-state index contributed by atoms with van der Waals surface area (Å²) >= 11 is 6.94. The fraction of sp³-hybridized carbons (Fsp3) is 0.120. The molecule has 0 bridgehead atoms. The molecule has 0 saturated carbocycles. The van der Waals surface area contributed by atoms with Gasteiger partial charge in [0, 0.05) is 0 Å². The van der Waals surface area contributed by atoms with Crippen LogP contribution in [0.5, 0.6) is 11.5 Å². The van der Waals surface area contributed by atoms with Crippen LogP contribution in [-0.2, 0) is 11.4 Å². The van der Waals surface area contributed by atoms with E-state index in [2.05, 4.69) is 0 Å². The first-order valence-electron chi connectivity index (χ1n) is 10.1. The Morgan fingerprint density at radius 2 is 1.67 bits per heavy atom. The fourth-order valence-corrected chi connectivity index (χ4v) is 4.12. The third-order valence-electron chi connectivity index (χ3n) is 4.78. The fourth-order valence-electron chi connectivity index (χ4n) is 3.06. The number of nitrogens with zero attached hydrogens (tertiary/aromatic N) is 1. The van der Waals surface area contributed by atoms with Gasteiger partial charge in [-0.2, -0.15) is 0 Å². The molecule has 4 rings (SSSR count). The maximum atomic E-state index is 13.0. The topological polar surface area (TPSA) is 55.8 Å². The third kappa shape index (κ3) is 5.94. The second kappa shape index (κ2) is 10.6. The molecule has 0 radical (unpaired) electrons. The lowest BCUT2D eigenvalue weighted by Crippen LogP contribution is -2.32. The highest BCUT2D eigenvalue weighted by atomic mass is 35.5. The van der Waals surface area contributed by atoms with Crippen LogP contribution in [0.25, 0.3) is 6.08 Å². The minimum atomic E-state index is -0.357. The molecule has 0 aromatic heterocycles. The number of hydrogen-bond donors (Lipinski definition) is 0. The van der Waals surface area contributed by atoms with Crippen molar-refractivity contribution in [2.45, 2.75) is 6.61 Å².